The molecule has 8 atom stereocenters. The van der Waals surface area contributed by atoms with E-state index in [1.54, 1.807) is 0 Å². The molecular weight excluding hydrogens is 244 g/mol. The minimum atomic E-state index is -0.414. The second-order valence-corrected chi connectivity index (χ2v) is 6.38. The van der Waals surface area contributed by atoms with Crippen LogP contribution in [-0.2, 0) is 4.74 Å². The number of ether oxygens (including phenoxy) is 1. The molecule has 0 heterocycles. The van der Waals surface area contributed by atoms with Crippen LogP contribution in [0.1, 0.15) is 39.5 Å². The summed E-state index contributed by atoms with van der Waals surface area (Å²) in [6.07, 6.45) is 2.44. The molecule has 5 nitrogen and oxygen atoms in total. The molecule has 8 unspecified atom stereocenters. The highest BCUT2D eigenvalue weighted by atomic mass is 16.5. The molecule has 2 aliphatic rings. The highest BCUT2D eigenvalue weighted by molar-refractivity contribution is 4.92. The summed E-state index contributed by atoms with van der Waals surface area (Å²) in [6, 6.07) is -0.422. The maximum Gasteiger partial charge on any atom is 0.0695 e. The van der Waals surface area contributed by atoms with Crippen LogP contribution in [0.4, 0.5) is 0 Å². The van der Waals surface area contributed by atoms with E-state index in [4.69, 9.17) is 16.2 Å². The van der Waals surface area contributed by atoms with Crippen LogP contribution in [0.25, 0.3) is 0 Å². The van der Waals surface area contributed by atoms with E-state index in [2.05, 4.69) is 0 Å². The zero-order chi connectivity index (χ0) is 14.2. The molecule has 0 amide bonds. The summed E-state index contributed by atoms with van der Waals surface area (Å²) in [4.78, 5) is 0. The standard InChI is InChI=1S/C14H28N2O3/c1-7-11(5-3-9(17)13(7)15)19-12-6-4-10(18)14(16)8(12)2/h7-14,17-18H,3-6,15-16H2,1-2H3. The summed E-state index contributed by atoms with van der Waals surface area (Å²) in [6.45, 7) is 4.08. The summed E-state index contributed by atoms with van der Waals surface area (Å²) >= 11 is 0. The monoisotopic (exact) mass is 272 g/mol. The van der Waals surface area contributed by atoms with Gasteiger partial charge >= 0.3 is 0 Å². The first-order valence-electron chi connectivity index (χ1n) is 7.44. The van der Waals surface area contributed by atoms with E-state index >= 15 is 0 Å². The molecule has 0 spiro atoms. The zero-order valence-corrected chi connectivity index (χ0v) is 11.9. The minimum absolute atomic E-state index is 0.0910. The normalized spacial score (nSPS) is 52.1. The lowest BCUT2D eigenvalue weighted by atomic mass is 9.79. The molecule has 19 heavy (non-hydrogen) atoms. The third kappa shape index (κ3) is 3.11. The Morgan fingerprint density at radius 2 is 1.16 bits per heavy atom. The first kappa shape index (κ1) is 15.2. The van der Waals surface area contributed by atoms with E-state index in [0.717, 1.165) is 12.8 Å². The van der Waals surface area contributed by atoms with Crippen molar-refractivity contribution >= 4 is 0 Å². The van der Waals surface area contributed by atoms with E-state index in [-0.39, 0.29) is 36.1 Å². The highest BCUT2D eigenvalue weighted by Gasteiger charge is 2.39. The summed E-state index contributed by atoms with van der Waals surface area (Å²) in [5.41, 5.74) is 12.0. The molecule has 0 saturated heterocycles. The van der Waals surface area contributed by atoms with E-state index in [0.29, 0.717) is 12.8 Å². The molecule has 0 radical (unpaired) electrons. The van der Waals surface area contributed by atoms with Crippen LogP contribution in [0.2, 0.25) is 0 Å². The predicted octanol–water partition coefficient (Wildman–Crippen LogP) is -0.0236. The molecule has 0 aromatic heterocycles. The van der Waals surface area contributed by atoms with Gasteiger partial charge in [0.2, 0.25) is 0 Å². The quantitative estimate of drug-likeness (QED) is 0.566. The Hall–Kier alpha value is -0.200. The van der Waals surface area contributed by atoms with Crippen molar-refractivity contribution in [1.82, 2.24) is 0 Å². The number of aliphatic hydroxyl groups excluding tert-OH is 2. The van der Waals surface area contributed by atoms with Gasteiger partial charge in [0.05, 0.1) is 24.4 Å². The van der Waals surface area contributed by atoms with Gasteiger partial charge < -0.3 is 26.4 Å². The van der Waals surface area contributed by atoms with Gasteiger partial charge in [-0.05, 0) is 37.5 Å². The van der Waals surface area contributed by atoms with Gasteiger partial charge in [0.1, 0.15) is 0 Å². The van der Waals surface area contributed by atoms with Crippen molar-refractivity contribution in [2.24, 2.45) is 23.3 Å². The van der Waals surface area contributed by atoms with Gasteiger partial charge in [-0.25, -0.2) is 0 Å². The number of hydrogen-bond donors (Lipinski definition) is 4. The van der Waals surface area contributed by atoms with Crippen LogP contribution in [0.5, 0.6) is 0 Å². The van der Waals surface area contributed by atoms with Crippen molar-refractivity contribution in [3.05, 3.63) is 0 Å². The molecular formula is C14H28N2O3. The number of hydrogen-bond acceptors (Lipinski definition) is 5. The molecule has 0 aromatic rings. The van der Waals surface area contributed by atoms with Crippen molar-refractivity contribution < 1.29 is 14.9 Å². The summed E-state index contributed by atoms with van der Waals surface area (Å²) in [5.74, 6) is 0.304. The average molecular weight is 272 g/mol. The second-order valence-electron chi connectivity index (χ2n) is 6.38. The average Bonchev–Trinajstić information content (AvgIpc) is 2.39. The molecule has 2 saturated carbocycles. The van der Waals surface area contributed by atoms with E-state index in [1.165, 1.54) is 0 Å². The minimum Gasteiger partial charge on any atom is -0.392 e. The van der Waals surface area contributed by atoms with Crippen LogP contribution in [0, 0.1) is 11.8 Å². The van der Waals surface area contributed by atoms with Crippen LogP contribution in [-0.4, -0.2) is 46.7 Å². The maximum absolute atomic E-state index is 9.77. The first-order valence-corrected chi connectivity index (χ1v) is 7.44. The number of aliphatic hydroxyl groups is 2. The smallest absolute Gasteiger partial charge is 0.0695 e. The van der Waals surface area contributed by atoms with Gasteiger partial charge in [0, 0.05) is 12.1 Å². The Bertz CT molecular complexity index is 274. The molecule has 0 aromatic carbocycles. The first-order chi connectivity index (χ1) is 8.91. The number of nitrogens with two attached hydrogens (primary N) is 2. The Balaban J connectivity index is 1.94. The van der Waals surface area contributed by atoms with Gasteiger partial charge in [-0.15, -0.1) is 0 Å². The molecule has 112 valence electrons. The third-order valence-corrected chi connectivity index (χ3v) is 5.12. The van der Waals surface area contributed by atoms with Crippen molar-refractivity contribution in [3.8, 4) is 0 Å². The molecule has 6 N–H and O–H groups in total. The van der Waals surface area contributed by atoms with Crippen molar-refractivity contribution in [2.45, 2.75) is 76.0 Å². The summed E-state index contributed by atoms with van der Waals surface area (Å²) in [7, 11) is 0. The van der Waals surface area contributed by atoms with Crippen LogP contribution in [0.3, 0.4) is 0 Å². The van der Waals surface area contributed by atoms with Crippen LogP contribution < -0.4 is 11.5 Å². The van der Waals surface area contributed by atoms with Gasteiger partial charge in [0.15, 0.2) is 0 Å². The highest BCUT2D eigenvalue weighted by Crippen LogP contribution is 2.32. The second kappa shape index (κ2) is 6.06. The lowest BCUT2D eigenvalue weighted by Gasteiger charge is -2.43. The van der Waals surface area contributed by atoms with Gasteiger partial charge in [-0.3, -0.25) is 0 Å². The van der Waals surface area contributed by atoms with Crippen molar-refractivity contribution in [2.75, 3.05) is 0 Å². The lowest BCUT2D eigenvalue weighted by molar-refractivity contribution is -0.123. The molecule has 0 aliphatic heterocycles. The molecule has 2 rings (SSSR count). The molecule has 0 bridgehead atoms. The SMILES string of the molecule is CC1C(OC2CCC(O)C(N)C2C)CCC(O)C1N. The molecule has 2 fully saturated rings. The van der Waals surface area contributed by atoms with Gasteiger partial charge in [0.25, 0.3) is 0 Å². The Morgan fingerprint density at radius 1 is 0.789 bits per heavy atom. The Morgan fingerprint density at radius 3 is 1.53 bits per heavy atom. The summed E-state index contributed by atoms with van der Waals surface area (Å²) in [5, 5.41) is 19.5. The zero-order valence-electron chi connectivity index (χ0n) is 11.9. The van der Waals surface area contributed by atoms with Crippen LogP contribution in [0.15, 0.2) is 0 Å². The van der Waals surface area contributed by atoms with E-state index in [1.807, 2.05) is 13.8 Å². The Labute approximate surface area is 115 Å². The summed E-state index contributed by atoms with van der Waals surface area (Å²) < 4.78 is 6.21. The van der Waals surface area contributed by atoms with Gasteiger partial charge in [-0.2, -0.15) is 0 Å². The van der Waals surface area contributed by atoms with E-state index < -0.39 is 12.2 Å². The largest absolute Gasteiger partial charge is 0.392 e. The third-order valence-electron chi connectivity index (χ3n) is 5.12. The van der Waals surface area contributed by atoms with Crippen LogP contribution >= 0.6 is 0 Å². The van der Waals surface area contributed by atoms with Crippen molar-refractivity contribution in [1.29, 1.82) is 0 Å². The van der Waals surface area contributed by atoms with Gasteiger partial charge in [-0.1, -0.05) is 13.8 Å². The fraction of sp³-hybridized carbons (Fsp3) is 1.00. The topological polar surface area (TPSA) is 102 Å². The van der Waals surface area contributed by atoms with Crippen molar-refractivity contribution in [3.63, 3.8) is 0 Å². The lowest BCUT2D eigenvalue weighted by Crippen LogP contribution is -2.54. The van der Waals surface area contributed by atoms with E-state index in [9.17, 15) is 10.2 Å². The molecule has 2 aliphatic carbocycles. The predicted molar refractivity (Wildman–Crippen MR) is 73.4 cm³/mol. The molecule has 5 heteroatoms. The fourth-order valence-electron chi connectivity index (χ4n) is 3.39. The number of rotatable bonds is 2. The maximum atomic E-state index is 9.77. The fourth-order valence-corrected chi connectivity index (χ4v) is 3.39. The Kier molecular flexibility index (Phi) is 4.84.